The van der Waals surface area contributed by atoms with Gasteiger partial charge in [0.05, 0.1) is 25.6 Å². The number of nitrogens with two attached hydrogens (primary N) is 1. The second kappa shape index (κ2) is 8.39. The van der Waals surface area contributed by atoms with Crippen LogP contribution in [0.15, 0.2) is 23.0 Å². The molecule has 0 radical (unpaired) electrons. The maximum atomic E-state index is 12.3. The van der Waals surface area contributed by atoms with Gasteiger partial charge < -0.3 is 24.5 Å². The highest BCUT2D eigenvalue weighted by atomic mass is 31.2. The monoisotopic (exact) mass is 371 g/mol. The Hall–Kier alpha value is -2.00. The molecule has 0 saturated carbocycles. The van der Waals surface area contributed by atoms with Crippen molar-refractivity contribution in [2.24, 2.45) is 0 Å². The fourth-order valence-electron chi connectivity index (χ4n) is 2.19. The summed E-state index contributed by atoms with van der Waals surface area (Å²) in [5.74, 6) is 1.26. The van der Waals surface area contributed by atoms with Crippen molar-refractivity contribution >= 4 is 24.7 Å². The van der Waals surface area contributed by atoms with Crippen LogP contribution in [-0.2, 0) is 20.2 Å². The van der Waals surface area contributed by atoms with Crippen molar-refractivity contribution in [3.05, 3.63) is 28.6 Å². The number of aliphatic hydroxyl groups is 1. The summed E-state index contributed by atoms with van der Waals surface area (Å²) < 4.78 is 24.1. The van der Waals surface area contributed by atoms with Crippen molar-refractivity contribution in [1.82, 2.24) is 19.5 Å². The fourth-order valence-corrected chi connectivity index (χ4v) is 3.57. The molecule has 2 aromatic heterocycles. The lowest BCUT2D eigenvalue weighted by Crippen LogP contribution is -2.13. The van der Waals surface area contributed by atoms with Gasteiger partial charge in [0, 0.05) is 12.4 Å². The quantitative estimate of drug-likeness (QED) is 0.558. The van der Waals surface area contributed by atoms with Gasteiger partial charge >= 0.3 is 7.60 Å². The van der Waals surface area contributed by atoms with Crippen LogP contribution in [0.1, 0.15) is 20.3 Å². The first-order valence-electron chi connectivity index (χ1n) is 7.85. The molecule has 0 fully saturated rings. The molecule has 11 heteroatoms. The number of aromatic nitrogens is 4. The molecule has 0 spiro atoms. The summed E-state index contributed by atoms with van der Waals surface area (Å²) in [4.78, 5) is 22.1. The van der Waals surface area contributed by atoms with Gasteiger partial charge in [-0.1, -0.05) is 0 Å². The molecule has 0 aromatic carbocycles. The minimum absolute atomic E-state index is 0.00550. The number of hydrogen-bond acceptors (Lipinski definition) is 8. The molecule has 0 unspecified atom stereocenters. The first kappa shape index (κ1) is 19.3. The van der Waals surface area contributed by atoms with Crippen molar-refractivity contribution in [3.8, 4) is 0 Å². The van der Waals surface area contributed by atoms with Crippen molar-refractivity contribution in [3.63, 3.8) is 0 Å². The Bertz CT molecular complexity index is 836. The molecule has 0 aliphatic heterocycles. The number of fused-ring (bicyclic) bond motifs is 1. The van der Waals surface area contributed by atoms with Gasteiger partial charge in [-0.3, -0.25) is 14.3 Å². The van der Waals surface area contributed by atoms with Gasteiger partial charge in [-0.15, -0.1) is 0 Å². The van der Waals surface area contributed by atoms with E-state index in [0.29, 0.717) is 12.2 Å². The Balaban J connectivity index is 2.05. The number of nitrogen functional groups attached to an aromatic ring is 1. The maximum absolute atomic E-state index is 12.3. The van der Waals surface area contributed by atoms with Gasteiger partial charge in [0.2, 0.25) is 5.95 Å². The van der Waals surface area contributed by atoms with Crippen molar-refractivity contribution in [2.75, 3.05) is 18.9 Å². The van der Waals surface area contributed by atoms with Crippen LogP contribution in [0.25, 0.3) is 11.2 Å². The lowest BCUT2D eigenvalue weighted by atomic mass is 10.2. The van der Waals surface area contributed by atoms with Gasteiger partial charge in [-0.2, -0.15) is 4.98 Å². The zero-order chi connectivity index (χ0) is 18.4. The Morgan fingerprint density at radius 3 is 2.76 bits per heavy atom. The van der Waals surface area contributed by atoms with Gasteiger partial charge in [-0.05, 0) is 26.3 Å². The van der Waals surface area contributed by atoms with Crippen LogP contribution in [0.3, 0.4) is 0 Å². The largest absolute Gasteiger partial charge is 0.389 e. The number of aliphatic hydroxyl groups excluding tert-OH is 1. The fraction of sp³-hybridized carbons (Fsp3) is 0.500. The summed E-state index contributed by atoms with van der Waals surface area (Å²) in [6.07, 6.45) is 2.23. The Kier molecular flexibility index (Phi) is 6.49. The lowest BCUT2D eigenvalue weighted by Gasteiger charge is -2.13. The molecule has 0 aliphatic rings. The summed E-state index contributed by atoms with van der Waals surface area (Å²) in [5, 5.41) is 10.1. The third-order valence-corrected chi connectivity index (χ3v) is 5.04. The van der Waals surface area contributed by atoms with Gasteiger partial charge in [0.1, 0.15) is 0 Å². The van der Waals surface area contributed by atoms with E-state index in [9.17, 15) is 14.5 Å². The van der Waals surface area contributed by atoms with Crippen molar-refractivity contribution in [2.45, 2.75) is 32.9 Å². The molecule has 0 bridgehead atoms. The second-order valence-electron chi connectivity index (χ2n) is 5.13. The Labute approximate surface area is 144 Å². The van der Waals surface area contributed by atoms with Crippen LogP contribution in [-0.4, -0.2) is 43.9 Å². The van der Waals surface area contributed by atoms with E-state index >= 15 is 0 Å². The van der Waals surface area contributed by atoms with Crippen LogP contribution in [0.4, 0.5) is 5.95 Å². The smallest absolute Gasteiger partial charge is 0.353 e. The average molecular weight is 371 g/mol. The highest BCUT2D eigenvalue weighted by molar-refractivity contribution is 7.57. The third-order valence-electron chi connectivity index (χ3n) is 3.27. The summed E-state index contributed by atoms with van der Waals surface area (Å²) in [7, 11) is -3.34. The number of hydrogen-bond donors (Lipinski definition) is 3. The molecule has 138 valence electrons. The van der Waals surface area contributed by atoms with Crippen molar-refractivity contribution < 1.29 is 18.7 Å². The number of aromatic amines is 1. The summed E-state index contributed by atoms with van der Waals surface area (Å²) in [6.45, 7) is 4.23. The predicted octanol–water partition coefficient (Wildman–Crippen LogP) is 1.23. The zero-order valence-corrected chi connectivity index (χ0v) is 15.0. The van der Waals surface area contributed by atoms with E-state index in [1.54, 1.807) is 18.4 Å². The molecule has 1 atom stereocenters. The molecule has 4 N–H and O–H groups in total. The molecular weight excluding hydrogens is 349 g/mol. The maximum Gasteiger partial charge on any atom is 0.353 e. The second-order valence-corrected chi connectivity index (χ2v) is 7.03. The van der Waals surface area contributed by atoms with E-state index < -0.39 is 19.3 Å². The van der Waals surface area contributed by atoms with E-state index in [-0.39, 0.29) is 31.1 Å². The molecule has 10 nitrogen and oxygen atoms in total. The topological polar surface area (TPSA) is 145 Å². The van der Waals surface area contributed by atoms with Gasteiger partial charge in [0.15, 0.2) is 11.2 Å². The normalized spacial score (nSPS) is 13.7. The van der Waals surface area contributed by atoms with Crippen LogP contribution in [0, 0.1) is 0 Å². The first-order valence-corrected chi connectivity index (χ1v) is 9.46. The Morgan fingerprint density at radius 1 is 1.44 bits per heavy atom. The molecule has 0 amide bonds. The average Bonchev–Trinajstić information content (AvgIpc) is 2.95. The number of nitrogens with one attached hydrogen (secondary N) is 1. The number of aryl methyl sites for hydroxylation is 1. The highest BCUT2D eigenvalue weighted by Gasteiger charge is 2.19. The van der Waals surface area contributed by atoms with E-state index in [4.69, 9.17) is 14.8 Å². The van der Waals surface area contributed by atoms with Crippen molar-refractivity contribution in [1.29, 1.82) is 0 Å². The van der Waals surface area contributed by atoms with Gasteiger partial charge in [-0.25, -0.2) is 4.98 Å². The Morgan fingerprint density at radius 2 is 2.12 bits per heavy atom. The number of anilines is 1. The highest BCUT2D eigenvalue weighted by Crippen LogP contribution is 2.49. The predicted molar refractivity (Wildman–Crippen MR) is 93.2 cm³/mol. The number of rotatable bonds is 9. The first-order chi connectivity index (χ1) is 11.9. The molecule has 0 saturated heterocycles. The molecule has 0 aliphatic carbocycles. The van der Waals surface area contributed by atoms with E-state index in [1.807, 2.05) is 0 Å². The molecular formula is C14H22N5O5P. The standard InChI is InChI=1S/C14H22N5O5P/c1-3-23-25(22,24-4-2)8-6-10(20)5-7-19-9-16-11-12(19)17-14(15)18-13(11)21/h6,8-10,20H,3-5,7H2,1-2H3,(H3,15,17,18,21)/b8-6+/t10-/m1/s1. The van der Waals surface area contributed by atoms with Crippen LogP contribution in [0.5, 0.6) is 0 Å². The minimum atomic E-state index is -3.34. The third kappa shape index (κ3) is 4.99. The van der Waals surface area contributed by atoms with Crippen LogP contribution >= 0.6 is 7.60 Å². The van der Waals surface area contributed by atoms with E-state index in [1.165, 1.54) is 18.2 Å². The molecule has 2 rings (SSSR count). The van der Waals surface area contributed by atoms with E-state index in [2.05, 4.69) is 15.0 Å². The lowest BCUT2D eigenvalue weighted by molar-refractivity contribution is 0.204. The summed E-state index contributed by atoms with van der Waals surface area (Å²) in [5.41, 5.74) is 5.63. The molecule has 25 heavy (non-hydrogen) atoms. The van der Waals surface area contributed by atoms with Crippen LogP contribution in [0.2, 0.25) is 0 Å². The number of nitrogens with zero attached hydrogens (tertiary/aromatic N) is 3. The summed E-state index contributed by atoms with van der Waals surface area (Å²) in [6, 6.07) is 0. The number of imidazole rings is 1. The van der Waals surface area contributed by atoms with E-state index in [0.717, 1.165) is 0 Å². The van der Waals surface area contributed by atoms with Crippen LogP contribution < -0.4 is 11.3 Å². The number of H-pyrrole nitrogens is 1. The zero-order valence-electron chi connectivity index (χ0n) is 14.1. The SMILES string of the molecule is CCOP(=O)(/C=C/[C@H](O)CCn1cnc2c(=O)[nH]c(N)nc21)OCC. The van der Waals surface area contributed by atoms with Gasteiger partial charge in [0.25, 0.3) is 5.56 Å². The summed E-state index contributed by atoms with van der Waals surface area (Å²) >= 11 is 0. The molecule has 2 aromatic rings. The molecule has 2 heterocycles. The minimum Gasteiger partial charge on any atom is -0.389 e.